The van der Waals surface area contributed by atoms with Crippen molar-refractivity contribution < 1.29 is 49.4 Å². The number of carbonyl (C=O) groups excluding carboxylic acids is 1. The van der Waals surface area contributed by atoms with E-state index in [0.29, 0.717) is 24.8 Å². The number of rotatable bonds is 2. The summed E-state index contributed by atoms with van der Waals surface area (Å²) < 4.78 is 115. The number of nitrogens with zero attached hydrogens (tertiary/aromatic N) is 2. The number of halogens is 6. The van der Waals surface area contributed by atoms with Crippen LogP contribution in [0.15, 0.2) is 35.2 Å². The summed E-state index contributed by atoms with van der Waals surface area (Å²) in [5.41, 5.74) is -3.56. The van der Waals surface area contributed by atoms with Gasteiger partial charge in [-0.15, -0.1) is 0 Å². The number of sulfone groups is 1. The van der Waals surface area contributed by atoms with Crippen molar-refractivity contribution >= 4 is 37.7 Å². The van der Waals surface area contributed by atoms with E-state index in [1.807, 2.05) is 0 Å². The minimum absolute atomic E-state index is 0.0157. The van der Waals surface area contributed by atoms with Crippen LogP contribution in [0.2, 0.25) is 0 Å². The van der Waals surface area contributed by atoms with Gasteiger partial charge in [-0.05, 0) is 63.9 Å². The highest BCUT2D eigenvalue weighted by atomic mass is 32.2. The summed E-state index contributed by atoms with van der Waals surface area (Å²) in [5.74, 6) is 0. The molecule has 4 rings (SSSR count). The quantitative estimate of drug-likeness (QED) is 0.359. The number of likely N-dealkylation sites (tertiary alicyclic amines) is 1. The van der Waals surface area contributed by atoms with E-state index in [1.54, 1.807) is 20.8 Å². The molecule has 220 valence electrons. The topological polar surface area (TPSA) is 88.8 Å². The van der Waals surface area contributed by atoms with Crippen molar-refractivity contribution in [2.24, 2.45) is 0 Å². The van der Waals surface area contributed by atoms with E-state index in [-0.39, 0.29) is 35.9 Å². The smallest absolute Gasteiger partial charge is 0.417 e. The van der Waals surface area contributed by atoms with E-state index in [2.05, 4.69) is 0 Å². The Labute approximate surface area is 226 Å². The van der Waals surface area contributed by atoms with Crippen LogP contribution in [-0.2, 0) is 26.9 Å². The van der Waals surface area contributed by atoms with Crippen molar-refractivity contribution in [1.82, 2.24) is 9.47 Å². The van der Waals surface area contributed by atoms with Crippen molar-refractivity contribution in [2.45, 2.75) is 68.6 Å². The molecule has 1 N–H and O–H groups in total. The third kappa shape index (κ3) is 5.73. The first-order valence-corrected chi connectivity index (χ1v) is 14.2. The van der Waals surface area contributed by atoms with Crippen LogP contribution in [-0.4, -0.2) is 60.1 Å². The van der Waals surface area contributed by atoms with Gasteiger partial charge in [0.1, 0.15) is 5.60 Å². The SMILES string of the molecule is CC(C)(C)OC(=O)N1CCC[C@@H](n2c3ccc(C(F)(F)F)cc3c3c(S(C)(=O)=O)c(C(F)(F)F)ccc32)[C@H](O)C1. The third-order valence-corrected chi connectivity index (χ3v) is 7.85. The molecule has 7 nitrogen and oxygen atoms in total. The van der Waals surface area contributed by atoms with E-state index in [1.165, 1.54) is 9.47 Å². The summed E-state index contributed by atoms with van der Waals surface area (Å²) in [7, 11) is -4.61. The maximum absolute atomic E-state index is 13.9. The molecule has 1 aromatic heterocycles. The second-order valence-electron chi connectivity index (χ2n) is 10.9. The lowest BCUT2D eigenvalue weighted by Gasteiger charge is -2.29. The Bertz CT molecular complexity index is 1570. The second kappa shape index (κ2) is 9.82. The molecule has 1 amide bonds. The predicted octanol–water partition coefficient (Wildman–Crippen LogP) is 6.17. The number of fused-ring (bicyclic) bond motifs is 3. The van der Waals surface area contributed by atoms with Gasteiger partial charge in [0, 0.05) is 29.1 Å². The molecule has 2 atom stereocenters. The number of ether oxygens (including phenoxy) is 1. The molecule has 2 aromatic carbocycles. The Morgan fingerprint density at radius 1 is 1.00 bits per heavy atom. The van der Waals surface area contributed by atoms with Crippen molar-refractivity contribution in [3.8, 4) is 0 Å². The molecular weight excluding hydrogens is 566 g/mol. The molecule has 0 radical (unpaired) electrons. The van der Waals surface area contributed by atoms with Crippen LogP contribution in [0.5, 0.6) is 0 Å². The first-order valence-electron chi connectivity index (χ1n) is 12.3. The molecule has 1 saturated heterocycles. The summed E-state index contributed by atoms with van der Waals surface area (Å²) in [5, 5.41) is 10.3. The first-order chi connectivity index (χ1) is 18.2. The van der Waals surface area contributed by atoms with Gasteiger partial charge in [-0.3, -0.25) is 0 Å². The van der Waals surface area contributed by atoms with Crippen LogP contribution >= 0.6 is 0 Å². The van der Waals surface area contributed by atoms with Gasteiger partial charge < -0.3 is 19.3 Å². The number of β-amino-alcohol motifs (C(OH)–C–C–N with tert-alkyl or cyclic N) is 1. The Kier molecular flexibility index (Phi) is 7.36. The van der Waals surface area contributed by atoms with Crippen LogP contribution in [0, 0.1) is 0 Å². The summed E-state index contributed by atoms with van der Waals surface area (Å²) in [4.78, 5) is 12.8. The van der Waals surface area contributed by atoms with Crippen molar-refractivity contribution in [2.75, 3.05) is 19.3 Å². The van der Waals surface area contributed by atoms with Crippen LogP contribution in [0.1, 0.15) is 50.8 Å². The highest BCUT2D eigenvalue weighted by molar-refractivity contribution is 7.91. The average molecular weight is 595 g/mol. The number of aromatic nitrogens is 1. The van der Waals surface area contributed by atoms with Gasteiger partial charge in [-0.2, -0.15) is 26.3 Å². The van der Waals surface area contributed by atoms with Gasteiger partial charge in [0.05, 0.1) is 40.2 Å². The number of benzene rings is 2. The van der Waals surface area contributed by atoms with E-state index >= 15 is 0 Å². The molecule has 0 bridgehead atoms. The predicted molar refractivity (Wildman–Crippen MR) is 135 cm³/mol. The number of alkyl halides is 6. The standard InChI is InChI=1S/C26H28F6N2O5S/c1-24(2,3)39-23(36)33-11-5-6-18(20(35)13-33)34-17-9-7-14(25(27,28)29)12-15(17)21-19(34)10-8-16(26(30,31)32)22(21)40(4,37)38/h7-10,12,18,20,35H,5-6,11,13H2,1-4H3/t18-,20-/m1/s1. The number of amides is 1. The number of hydrogen-bond donors (Lipinski definition) is 1. The van der Waals surface area contributed by atoms with Gasteiger partial charge in [-0.1, -0.05) is 0 Å². The molecule has 0 unspecified atom stereocenters. The third-order valence-electron chi connectivity index (χ3n) is 6.69. The normalized spacial score (nSPS) is 19.7. The van der Waals surface area contributed by atoms with E-state index < -0.39 is 67.4 Å². The molecular formula is C26H28F6N2O5S. The Morgan fingerprint density at radius 3 is 2.17 bits per heavy atom. The fourth-order valence-electron chi connectivity index (χ4n) is 5.17. The molecule has 2 heterocycles. The van der Waals surface area contributed by atoms with Crippen molar-refractivity contribution in [1.29, 1.82) is 0 Å². The summed E-state index contributed by atoms with van der Waals surface area (Å²) >= 11 is 0. The molecule has 3 aromatic rings. The molecule has 0 saturated carbocycles. The summed E-state index contributed by atoms with van der Waals surface area (Å²) in [6.45, 7) is 4.98. The lowest BCUT2D eigenvalue weighted by atomic mass is 10.1. The summed E-state index contributed by atoms with van der Waals surface area (Å²) in [6.07, 6.45) is -10.9. The number of aliphatic hydroxyl groups is 1. The molecule has 40 heavy (non-hydrogen) atoms. The Hall–Kier alpha value is -3.00. The van der Waals surface area contributed by atoms with Gasteiger partial charge in [-0.25, -0.2) is 13.2 Å². The second-order valence-corrected chi connectivity index (χ2v) is 12.9. The monoisotopic (exact) mass is 594 g/mol. The first kappa shape index (κ1) is 30.0. The van der Waals surface area contributed by atoms with Crippen LogP contribution in [0.4, 0.5) is 31.1 Å². The molecule has 1 fully saturated rings. The lowest BCUT2D eigenvalue weighted by molar-refractivity contribution is -0.140. The molecule has 0 aliphatic carbocycles. The van der Waals surface area contributed by atoms with Gasteiger partial charge in [0.2, 0.25) is 0 Å². The largest absolute Gasteiger partial charge is 0.444 e. The number of carbonyl (C=O) groups is 1. The van der Waals surface area contributed by atoms with Crippen molar-refractivity contribution in [3.05, 3.63) is 41.5 Å². The van der Waals surface area contributed by atoms with Crippen LogP contribution < -0.4 is 0 Å². The zero-order valence-electron chi connectivity index (χ0n) is 22.0. The lowest BCUT2D eigenvalue weighted by Crippen LogP contribution is -2.41. The zero-order chi connectivity index (χ0) is 30.0. The molecule has 1 aliphatic heterocycles. The van der Waals surface area contributed by atoms with Crippen LogP contribution in [0.25, 0.3) is 21.8 Å². The fraction of sp³-hybridized carbons (Fsp3) is 0.500. The van der Waals surface area contributed by atoms with E-state index in [9.17, 15) is 44.7 Å². The van der Waals surface area contributed by atoms with Crippen LogP contribution in [0.3, 0.4) is 0 Å². The molecule has 1 aliphatic rings. The molecule has 0 spiro atoms. The highest BCUT2D eigenvalue weighted by Gasteiger charge is 2.40. The minimum atomic E-state index is -5.11. The number of hydrogen-bond acceptors (Lipinski definition) is 5. The van der Waals surface area contributed by atoms with Gasteiger partial charge >= 0.3 is 18.4 Å². The maximum Gasteiger partial charge on any atom is 0.417 e. The fourth-order valence-corrected chi connectivity index (χ4v) is 6.34. The minimum Gasteiger partial charge on any atom is -0.444 e. The Balaban J connectivity index is 1.99. The maximum atomic E-state index is 13.9. The Morgan fingerprint density at radius 2 is 1.62 bits per heavy atom. The van der Waals surface area contributed by atoms with Gasteiger partial charge in [0.15, 0.2) is 9.84 Å². The van der Waals surface area contributed by atoms with Gasteiger partial charge in [0.25, 0.3) is 0 Å². The zero-order valence-corrected chi connectivity index (χ0v) is 22.8. The number of aliphatic hydroxyl groups excluding tert-OH is 1. The average Bonchev–Trinajstić information content (AvgIpc) is 2.97. The van der Waals surface area contributed by atoms with E-state index in [0.717, 1.165) is 18.2 Å². The van der Waals surface area contributed by atoms with E-state index in [4.69, 9.17) is 4.74 Å². The molecule has 14 heteroatoms. The summed E-state index contributed by atoms with van der Waals surface area (Å²) in [6, 6.07) is 3.10. The highest BCUT2D eigenvalue weighted by Crippen LogP contribution is 2.45. The van der Waals surface area contributed by atoms with Crippen molar-refractivity contribution in [3.63, 3.8) is 0 Å².